The van der Waals surface area contributed by atoms with E-state index in [-0.39, 0.29) is 24.3 Å². The summed E-state index contributed by atoms with van der Waals surface area (Å²) in [6.07, 6.45) is 0.276. The van der Waals surface area contributed by atoms with Crippen LogP contribution in [-0.2, 0) is 11.3 Å². The molecular formula is C17H16F3N3O3. The van der Waals surface area contributed by atoms with Gasteiger partial charge in [-0.05, 0) is 24.1 Å². The van der Waals surface area contributed by atoms with Gasteiger partial charge in [-0.15, -0.1) is 0 Å². The maximum atomic E-state index is 13.7. The molecule has 0 saturated heterocycles. The van der Waals surface area contributed by atoms with Gasteiger partial charge in [-0.1, -0.05) is 12.1 Å². The topological polar surface area (TPSA) is 78.6 Å². The summed E-state index contributed by atoms with van der Waals surface area (Å²) in [5.74, 6) is -2.10. The molecule has 1 amide bonds. The van der Waals surface area contributed by atoms with Gasteiger partial charge in [0.05, 0.1) is 6.33 Å². The van der Waals surface area contributed by atoms with Crippen LogP contribution < -0.4 is 0 Å². The van der Waals surface area contributed by atoms with Crippen LogP contribution >= 0.6 is 0 Å². The van der Waals surface area contributed by atoms with E-state index < -0.39 is 29.5 Å². The number of carbonyl (C=O) groups excluding carboxylic acids is 1. The molecule has 1 aromatic heterocycles. The Kier molecular flexibility index (Phi) is 4.62. The summed E-state index contributed by atoms with van der Waals surface area (Å²) in [5.41, 5.74) is -0.460. The Morgan fingerprint density at radius 2 is 1.81 bits per heavy atom. The number of aliphatic hydroxyl groups is 1. The molecule has 2 heterocycles. The Morgan fingerprint density at radius 1 is 1.12 bits per heavy atom. The summed E-state index contributed by atoms with van der Waals surface area (Å²) in [5, 5.41) is 19.4. The van der Waals surface area contributed by atoms with Gasteiger partial charge in [-0.2, -0.15) is 13.2 Å². The largest absolute Gasteiger partial charge is 0.508 e. The number of amides is 1. The molecule has 3 rings (SSSR count). The first-order chi connectivity index (χ1) is 12.3. The van der Waals surface area contributed by atoms with Crippen molar-refractivity contribution in [1.82, 2.24) is 14.5 Å². The van der Waals surface area contributed by atoms with Gasteiger partial charge in [0.2, 0.25) is 0 Å². The van der Waals surface area contributed by atoms with Gasteiger partial charge in [-0.3, -0.25) is 4.79 Å². The summed E-state index contributed by atoms with van der Waals surface area (Å²) in [6, 6.07) is 2.65. The maximum Gasteiger partial charge on any atom is 0.413 e. The summed E-state index contributed by atoms with van der Waals surface area (Å²) in [6.45, 7) is 0.219. The van der Waals surface area contributed by atoms with E-state index in [4.69, 9.17) is 0 Å². The zero-order valence-electron chi connectivity index (χ0n) is 13.5. The Balaban J connectivity index is 1.86. The number of nitrogens with zero attached hydrogens (tertiary/aromatic N) is 3. The van der Waals surface area contributed by atoms with E-state index in [1.807, 2.05) is 0 Å². The number of benzene rings is 1. The molecule has 1 aromatic carbocycles. The normalized spacial score (nSPS) is 18.0. The number of phenols is 1. The SMILES string of the molecule is O=C1C(O)=C(c2ccc(O)cc2)C(C(F)(F)F)N1CCCn1ccnc1. The van der Waals surface area contributed by atoms with Gasteiger partial charge in [0.15, 0.2) is 11.8 Å². The van der Waals surface area contributed by atoms with Gasteiger partial charge < -0.3 is 19.7 Å². The predicted octanol–water partition coefficient (Wildman–Crippen LogP) is 2.72. The summed E-state index contributed by atoms with van der Waals surface area (Å²) < 4.78 is 42.7. The fourth-order valence-electron chi connectivity index (χ4n) is 3.00. The highest BCUT2D eigenvalue weighted by atomic mass is 19.4. The Bertz CT molecular complexity index is 814. The third kappa shape index (κ3) is 3.37. The average molecular weight is 367 g/mol. The minimum absolute atomic E-state index is 0.0353. The van der Waals surface area contributed by atoms with E-state index in [1.165, 1.54) is 30.6 Å². The third-order valence-corrected chi connectivity index (χ3v) is 4.17. The monoisotopic (exact) mass is 367 g/mol. The molecule has 0 spiro atoms. The number of aryl methyl sites for hydroxylation is 1. The molecule has 1 unspecified atom stereocenters. The first kappa shape index (κ1) is 17.8. The maximum absolute atomic E-state index is 13.7. The molecule has 0 fully saturated rings. The van der Waals surface area contributed by atoms with E-state index in [1.54, 1.807) is 17.0 Å². The van der Waals surface area contributed by atoms with Gasteiger partial charge in [0, 0.05) is 31.1 Å². The summed E-state index contributed by atoms with van der Waals surface area (Å²) in [4.78, 5) is 16.7. The predicted molar refractivity (Wildman–Crippen MR) is 86.1 cm³/mol. The van der Waals surface area contributed by atoms with Gasteiger partial charge in [0.1, 0.15) is 5.75 Å². The number of halogens is 3. The van der Waals surface area contributed by atoms with Crippen LogP contribution in [0.25, 0.3) is 5.57 Å². The second-order valence-electron chi connectivity index (χ2n) is 5.91. The van der Waals surface area contributed by atoms with Crippen LogP contribution in [0.2, 0.25) is 0 Å². The van der Waals surface area contributed by atoms with E-state index in [0.29, 0.717) is 11.4 Å². The fourth-order valence-corrected chi connectivity index (χ4v) is 3.00. The van der Waals surface area contributed by atoms with Crippen molar-refractivity contribution >= 4 is 11.5 Å². The van der Waals surface area contributed by atoms with Gasteiger partial charge in [0.25, 0.3) is 5.91 Å². The van der Waals surface area contributed by atoms with Crippen LogP contribution in [0.1, 0.15) is 12.0 Å². The molecule has 0 bridgehead atoms. The second-order valence-corrected chi connectivity index (χ2v) is 5.91. The molecule has 2 N–H and O–H groups in total. The number of carbonyl (C=O) groups is 1. The fraction of sp³-hybridized carbons (Fsp3) is 0.294. The zero-order valence-corrected chi connectivity index (χ0v) is 13.5. The molecule has 26 heavy (non-hydrogen) atoms. The first-order valence-electron chi connectivity index (χ1n) is 7.85. The number of hydrogen-bond acceptors (Lipinski definition) is 4. The number of aromatic hydroxyl groups is 1. The number of aromatic nitrogens is 2. The summed E-state index contributed by atoms with van der Waals surface area (Å²) >= 11 is 0. The molecule has 6 nitrogen and oxygen atoms in total. The highest BCUT2D eigenvalue weighted by Gasteiger charge is 2.54. The molecule has 1 aliphatic heterocycles. The minimum atomic E-state index is -4.75. The van der Waals surface area contributed by atoms with Crippen molar-refractivity contribution in [3.8, 4) is 5.75 Å². The van der Waals surface area contributed by atoms with Gasteiger partial charge >= 0.3 is 6.18 Å². The highest BCUT2D eigenvalue weighted by molar-refractivity contribution is 6.05. The van der Waals surface area contributed by atoms with Crippen LogP contribution in [0.15, 0.2) is 48.7 Å². The number of aliphatic hydroxyl groups excluding tert-OH is 1. The number of imidazole rings is 1. The molecule has 138 valence electrons. The van der Waals surface area contributed by atoms with E-state index in [9.17, 15) is 28.2 Å². The standard InChI is InChI=1S/C17H16F3N3O3/c18-17(19,20)15-13(11-2-4-12(24)5-3-11)14(25)16(26)23(15)8-1-7-22-9-6-21-10-22/h2-6,9-10,15,24-25H,1,7-8H2. The number of rotatable bonds is 5. The molecule has 1 atom stereocenters. The van der Waals surface area contributed by atoms with E-state index in [0.717, 1.165) is 0 Å². The Hall–Kier alpha value is -2.97. The number of phenolic OH excluding ortho intramolecular Hbond substituents is 1. The first-order valence-corrected chi connectivity index (χ1v) is 7.85. The smallest absolute Gasteiger partial charge is 0.413 e. The Morgan fingerprint density at radius 3 is 2.38 bits per heavy atom. The molecule has 0 radical (unpaired) electrons. The van der Waals surface area contributed by atoms with Crippen LogP contribution in [-0.4, -0.2) is 49.3 Å². The zero-order chi connectivity index (χ0) is 18.9. The number of alkyl halides is 3. The molecule has 0 aliphatic carbocycles. The second kappa shape index (κ2) is 6.74. The quantitative estimate of drug-likeness (QED) is 0.852. The molecule has 1 aliphatic rings. The lowest BCUT2D eigenvalue weighted by atomic mass is 9.98. The lowest BCUT2D eigenvalue weighted by molar-refractivity contribution is -0.172. The van der Waals surface area contributed by atoms with Crippen LogP contribution in [0.5, 0.6) is 5.75 Å². The van der Waals surface area contributed by atoms with Crippen molar-refractivity contribution in [2.45, 2.75) is 25.2 Å². The van der Waals surface area contributed by atoms with Crippen molar-refractivity contribution in [2.75, 3.05) is 6.54 Å². The molecule has 9 heteroatoms. The minimum Gasteiger partial charge on any atom is -0.508 e. The molecular weight excluding hydrogens is 351 g/mol. The van der Waals surface area contributed by atoms with Crippen molar-refractivity contribution in [1.29, 1.82) is 0 Å². The lowest BCUT2D eigenvalue weighted by Gasteiger charge is -2.28. The van der Waals surface area contributed by atoms with Crippen molar-refractivity contribution < 1.29 is 28.2 Å². The van der Waals surface area contributed by atoms with Crippen molar-refractivity contribution in [3.05, 3.63) is 54.3 Å². The van der Waals surface area contributed by atoms with E-state index >= 15 is 0 Å². The number of hydrogen-bond donors (Lipinski definition) is 2. The third-order valence-electron chi connectivity index (χ3n) is 4.17. The highest BCUT2D eigenvalue weighted by Crippen LogP contribution is 2.41. The average Bonchev–Trinajstić information content (AvgIpc) is 3.17. The van der Waals surface area contributed by atoms with E-state index in [2.05, 4.69) is 4.98 Å². The van der Waals surface area contributed by atoms with Crippen LogP contribution in [0.3, 0.4) is 0 Å². The van der Waals surface area contributed by atoms with Crippen molar-refractivity contribution in [3.63, 3.8) is 0 Å². The lowest BCUT2D eigenvalue weighted by Crippen LogP contribution is -2.45. The van der Waals surface area contributed by atoms with Crippen LogP contribution in [0, 0.1) is 0 Å². The molecule has 0 saturated carbocycles. The molecule has 2 aromatic rings. The summed E-state index contributed by atoms with van der Waals surface area (Å²) in [7, 11) is 0. The van der Waals surface area contributed by atoms with Gasteiger partial charge in [-0.25, -0.2) is 4.98 Å². The van der Waals surface area contributed by atoms with Crippen LogP contribution in [0.4, 0.5) is 13.2 Å². The Labute approximate surface area is 146 Å². The van der Waals surface area contributed by atoms with Crippen molar-refractivity contribution in [2.24, 2.45) is 0 Å².